The fourth-order valence-corrected chi connectivity index (χ4v) is 2.65. The Balaban J connectivity index is 2.04. The molecule has 1 fully saturated rings. The molecule has 0 spiro atoms. The molecule has 0 aliphatic carbocycles. The first kappa shape index (κ1) is 18.4. The summed E-state index contributed by atoms with van der Waals surface area (Å²) in [6.45, 7) is 5.84. The number of hydrogen-bond acceptors (Lipinski definition) is 5. The van der Waals surface area contributed by atoms with Crippen molar-refractivity contribution in [3.8, 4) is 0 Å². The third-order valence-corrected chi connectivity index (χ3v) is 4.26. The Hall–Kier alpha value is -1.92. The monoisotopic (exact) mass is 334 g/mol. The SMILES string of the molecule is CC(C)(C)[C@H](N)C(=O)N1C[C@H](O)C[C@H]1C(=O)OCc1ccccc1. The van der Waals surface area contributed by atoms with Crippen LogP contribution in [0.25, 0.3) is 0 Å². The van der Waals surface area contributed by atoms with Crippen molar-refractivity contribution >= 4 is 11.9 Å². The fourth-order valence-electron chi connectivity index (χ4n) is 2.65. The lowest BCUT2D eigenvalue weighted by molar-refractivity contribution is -0.155. The van der Waals surface area contributed by atoms with Gasteiger partial charge in [0.05, 0.1) is 12.1 Å². The highest BCUT2D eigenvalue weighted by atomic mass is 16.5. The Bertz CT molecular complexity index is 582. The van der Waals surface area contributed by atoms with E-state index < -0.39 is 29.6 Å². The molecule has 1 aromatic carbocycles. The molecule has 1 aliphatic heterocycles. The van der Waals surface area contributed by atoms with Crippen molar-refractivity contribution in [2.45, 2.75) is 52.0 Å². The first-order valence-corrected chi connectivity index (χ1v) is 8.15. The quantitative estimate of drug-likeness (QED) is 0.803. The molecular formula is C18H26N2O4. The second-order valence-corrected chi connectivity index (χ2v) is 7.33. The van der Waals surface area contributed by atoms with Crippen molar-refractivity contribution < 1.29 is 19.4 Å². The number of likely N-dealkylation sites (tertiary alicyclic amines) is 1. The molecule has 1 aliphatic rings. The van der Waals surface area contributed by atoms with Crippen LogP contribution in [0.4, 0.5) is 0 Å². The van der Waals surface area contributed by atoms with Gasteiger partial charge >= 0.3 is 5.97 Å². The fraction of sp³-hybridized carbons (Fsp3) is 0.556. The number of rotatable bonds is 4. The van der Waals surface area contributed by atoms with E-state index in [1.54, 1.807) is 0 Å². The van der Waals surface area contributed by atoms with Gasteiger partial charge in [-0.3, -0.25) is 4.79 Å². The number of amides is 1. The van der Waals surface area contributed by atoms with Crippen molar-refractivity contribution in [1.82, 2.24) is 4.90 Å². The maximum absolute atomic E-state index is 12.6. The van der Waals surface area contributed by atoms with Gasteiger partial charge in [-0.2, -0.15) is 0 Å². The van der Waals surface area contributed by atoms with Gasteiger partial charge in [0.2, 0.25) is 5.91 Å². The Morgan fingerprint density at radius 3 is 2.54 bits per heavy atom. The van der Waals surface area contributed by atoms with Gasteiger partial charge in [-0.25, -0.2) is 4.79 Å². The molecule has 132 valence electrons. The molecule has 0 saturated carbocycles. The molecule has 6 nitrogen and oxygen atoms in total. The van der Waals surface area contributed by atoms with Crippen LogP contribution in [0, 0.1) is 5.41 Å². The summed E-state index contributed by atoms with van der Waals surface area (Å²) in [5.41, 5.74) is 6.46. The van der Waals surface area contributed by atoms with Crippen molar-refractivity contribution in [2.24, 2.45) is 11.1 Å². The number of nitrogens with zero attached hydrogens (tertiary/aromatic N) is 1. The largest absolute Gasteiger partial charge is 0.459 e. The predicted molar refractivity (Wildman–Crippen MR) is 89.8 cm³/mol. The molecule has 24 heavy (non-hydrogen) atoms. The van der Waals surface area contributed by atoms with Gasteiger partial charge in [-0.15, -0.1) is 0 Å². The summed E-state index contributed by atoms with van der Waals surface area (Å²) < 4.78 is 5.32. The average Bonchev–Trinajstić information content (AvgIpc) is 2.93. The summed E-state index contributed by atoms with van der Waals surface area (Å²) in [6, 6.07) is 7.79. The minimum Gasteiger partial charge on any atom is -0.459 e. The number of hydrogen-bond donors (Lipinski definition) is 2. The maximum Gasteiger partial charge on any atom is 0.329 e. The Kier molecular flexibility index (Phi) is 5.62. The number of esters is 1. The Morgan fingerprint density at radius 2 is 1.96 bits per heavy atom. The van der Waals surface area contributed by atoms with E-state index in [1.807, 2.05) is 51.1 Å². The van der Waals surface area contributed by atoms with E-state index >= 15 is 0 Å². The third kappa shape index (κ3) is 4.33. The van der Waals surface area contributed by atoms with E-state index in [0.717, 1.165) is 5.56 Å². The molecule has 1 amide bonds. The minimum absolute atomic E-state index is 0.105. The summed E-state index contributed by atoms with van der Waals surface area (Å²) in [5.74, 6) is -0.842. The molecule has 3 N–H and O–H groups in total. The highest BCUT2D eigenvalue weighted by Crippen LogP contribution is 2.25. The predicted octanol–water partition coefficient (Wildman–Crippen LogP) is 1.07. The molecule has 3 atom stereocenters. The number of aliphatic hydroxyl groups is 1. The number of carbonyl (C=O) groups is 2. The van der Waals surface area contributed by atoms with E-state index in [4.69, 9.17) is 10.5 Å². The molecule has 1 aromatic rings. The zero-order valence-electron chi connectivity index (χ0n) is 14.4. The van der Waals surface area contributed by atoms with E-state index in [9.17, 15) is 14.7 Å². The van der Waals surface area contributed by atoms with Crippen molar-refractivity contribution in [2.75, 3.05) is 6.54 Å². The molecule has 6 heteroatoms. The molecule has 0 aromatic heterocycles. The summed E-state index contributed by atoms with van der Waals surface area (Å²) in [5, 5.41) is 9.90. The lowest BCUT2D eigenvalue weighted by Gasteiger charge is -2.32. The number of carbonyl (C=O) groups excluding carboxylic acids is 2. The van der Waals surface area contributed by atoms with Crippen LogP contribution in [-0.4, -0.2) is 46.6 Å². The molecule has 0 bridgehead atoms. The molecular weight excluding hydrogens is 308 g/mol. The molecule has 0 unspecified atom stereocenters. The molecule has 2 rings (SSSR count). The normalized spacial score (nSPS) is 22.3. The van der Waals surface area contributed by atoms with Gasteiger partial charge in [0.15, 0.2) is 0 Å². The van der Waals surface area contributed by atoms with E-state index in [2.05, 4.69) is 0 Å². The molecule has 1 heterocycles. The van der Waals surface area contributed by atoms with Crippen LogP contribution in [-0.2, 0) is 20.9 Å². The molecule has 0 radical (unpaired) electrons. The Labute approximate surface area is 142 Å². The second-order valence-electron chi connectivity index (χ2n) is 7.33. The lowest BCUT2D eigenvalue weighted by Crippen LogP contribution is -2.53. The summed E-state index contributed by atoms with van der Waals surface area (Å²) in [6.07, 6.45) is -0.564. The van der Waals surface area contributed by atoms with Crippen LogP contribution < -0.4 is 5.73 Å². The zero-order valence-corrected chi connectivity index (χ0v) is 14.4. The number of benzene rings is 1. The van der Waals surface area contributed by atoms with Gasteiger partial charge in [0, 0.05) is 13.0 Å². The Morgan fingerprint density at radius 1 is 1.33 bits per heavy atom. The maximum atomic E-state index is 12.6. The second kappa shape index (κ2) is 7.32. The van der Waals surface area contributed by atoms with Gasteiger partial charge < -0.3 is 20.5 Å². The van der Waals surface area contributed by atoms with Gasteiger partial charge in [0.25, 0.3) is 0 Å². The highest BCUT2D eigenvalue weighted by Gasteiger charge is 2.43. The summed E-state index contributed by atoms with van der Waals surface area (Å²) >= 11 is 0. The van der Waals surface area contributed by atoms with Crippen LogP contribution in [0.5, 0.6) is 0 Å². The zero-order chi connectivity index (χ0) is 17.9. The van der Waals surface area contributed by atoms with E-state index in [-0.39, 0.29) is 25.5 Å². The third-order valence-electron chi connectivity index (χ3n) is 4.26. The van der Waals surface area contributed by atoms with Crippen LogP contribution >= 0.6 is 0 Å². The van der Waals surface area contributed by atoms with Crippen LogP contribution in [0.3, 0.4) is 0 Å². The number of aliphatic hydroxyl groups excluding tert-OH is 1. The number of β-amino-alcohol motifs (C(OH)–C–C–N with tert-alkyl or cyclic N) is 1. The number of ether oxygens (including phenoxy) is 1. The van der Waals surface area contributed by atoms with Crippen molar-refractivity contribution in [1.29, 1.82) is 0 Å². The van der Waals surface area contributed by atoms with Gasteiger partial charge in [0.1, 0.15) is 12.6 Å². The van der Waals surface area contributed by atoms with E-state index in [0.29, 0.717) is 0 Å². The highest BCUT2D eigenvalue weighted by molar-refractivity contribution is 5.88. The summed E-state index contributed by atoms with van der Waals surface area (Å²) in [4.78, 5) is 26.3. The topological polar surface area (TPSA) is 92.9 Å². The molecule has 1 saturated heterocycles. The van der Waals surface area contributed by atoms with Crippen LogP contribution in [0.15, 0.2) is 30.3 Å². The summed E-state index contributed by atoms with van der Waals surface area (Å²) in [7, 11) is 0. The van der Waals surface area contributed by atoms with Gasteiger partial charge in [-0.1, -0.05) is 51.1 Å². The van der Waals surface area contributed by atoms with Crippen molar-refractivity contribution in [3.63, 3.8) is 0 Å². The lowest BCUT2D eigenvalue weighted by atomic mass is 9.86. The standard InChI is InChI=1S/C18H26N2O4/c1-18(2,3)15(19)16(22)20-10-13(21)9-14(20)17(23)24-11-12-7-5-4-6-8-12/h4-8,13-15,21H,9-11,19H2,1-3H3/t13-,14+,15-/m1/s1. The first-order valence-electron chi connectivity index (χ1n) is 8.15. The van der Waals surface area contributed by atoms with Gasteiger partial charge in [-0.05, 0) is 11.0 Å². The average molecular weight is 334 g/mol. The number of nitrogens with two attached hydrogens (primary N) is 1. The van der Waals surface area contributed by atoms with Crippen LogP contribution in [0.1, 0.15) is 32.8 Å². The smallest absolute Gasteiger partial charge is 0.329 e. The minimum atomic E-state index is -0.787. The van der Waals surface area contributed by atoms with Crippen LogP contribution in [0.2, 0.25) is 0 Å². The first-order chi connectivity index (χ1) is 11.2. The van der Waals surface area contributed by atoms with E-state index in [1.165, 1.54) is 4.90 Å². The van der Waals surface area contributed by atoms with Crippen molar-refractivity contribution in [3.05, 3.63) is 35.9 Å².